The van der Waals surface area contributed by atoms with Crippen molar-refractivity contribution in [1.29, 1.82) is 0 Å². The molecule has 2 saturated carbocycles. The molecule has 2 aliphatic rings. The maximum atomic E-state index is 14.3. The molecule has 0 bridgehead atoms. The predicted molar refractivity (Wildman–Crippen MR) is 91.4 cm³/mol. The third-order valence-electron chi connectivity index (χ3n) is 5.18. The fourth-order valence-corrected chi connectivity index (χ4v) is 4.00. The van der Waals surface area contributed by atoms with Gasteiger partial charge in [0.2, 0.25) is 0 Å². The van der Waals surface area contributed by atoms with Gasteiger partial charge < -0.3 is 9.47 Å². The normalized spacial score (nSPS) is 26.8. The fourth-order valence-electron chi connectivity index (χ4n) is 3.78. The topological polar surface area (TPSA) is 35.5 Å². The van der Waals surface area contributed by atoms with Crippen molar-refractivity contribution in [3.8, 4) is 5.75 Å². The number of ether oxygens (including phenoxy) is 2. The maximum absolute atomic E-state index is 14.3. The third-order valence-corrected chi connectivity index (χ3v) is 5.47. The van der Waals surface area contributed by atoms with Crippen LogP contribution in [0.2, 0.25) is 5.02 Å². The second kappa shape index (κ2) is 6.32. The van der Waals surface area contributed by atoms with E-state index in [0.717, 1.165) is 25.0 Å². The van der Waals surface area contributed by atoms with Crippen LogP contribution in [-0.2, 0) is 4.74 Å². The minimum absolute atomic E-state index is 0.0139. The molecule has 2 atom stereocenters. The summed E-state index contributed by atoms with van der Waals surface area (Å²) in [6.45, 7) is 4.78. The van der Waals surface area contributed by atoms with Crippen molar-refractivity contribution in [2.24, 2.45) is 11.3 Å². The molecule has 0 aliphatic heterocycles. The number of esters is 1. The van der Waals surface area contributed by atoms with Gasteiger partial charge in [0, 0.05) is 12.0 Å². The molecule has 0 spiro atoms. The lowest BCUT2D eigenvalue weighted by Gasteiger charge is -2.22. The lowest BCUT2D eigenvalue weighted by molar-refractivity contribution is 0.00646. The molecule has 2 fully saturated rings. The van der Waals surface area contributed by atoms with Crippen LogP contribution in [0.1, 0.15) is 56.8 Å². The van der Waals surface area contributed by atoms with E-state index in [-0.39, 0.29) is 22.9 Å². The van der Waals surface area contributed by atoms with Gasteiger partial charge in [-0.2, -0.15) is 0 Å². The second-order valence-electron chi connectivity index (χ2n) is 8.13. The first-order chi connectivity index (χ1) is 12.0. The van der Waals surface area contributed by atoms with E-state index in [9.17, 15) is 18.0 Å². The van der Waals surface area contributed by atoms with Crippen molar-refractivity contribution in [2.45, 2.75) is 58.0 Å². The van der Waals surface area contributed by atoms with Crippen molar-refractivity contribution >= 4 is 17.6 Å². The average Bonchev–Trinajstić information content (AvgIpc) is 3.02. The molecule has 0 amide bonds. The van der Waals surface area contributed by atoms with E-state index < -0.39 is 34.6 Å². The molecule has 0 aromatic heterocycles. The van der Waals surface area contributed by atoms with Crippen LogP contribution >= 0.6 is 11.6 Å². The summed E-state index contributed by atoms with van der Waals surface area (Å²) in [5.74, 6) is -5.17. The minimum Gasteiger partial charge on any atom is -0.491 e. The van der Waals surface area contributed by atoms with Crippen molar-refractivity contribution in [2.75, 3.05) is 6.61 Å². The zero-order valence-corrected chi connectivity index (χ0v) is 15.8. The number of carbonyl (C=O) groups is 1. The van der Waals surface area contributed by atoms with Crippen LogP contribution in [0.5, 0.6) is 5.75 Å². The Labute approximate surface area is 155 Å². The van der Waals surface area contributed by atoms with Gasteiger partial charge in [-0.05, 0) is 39.7 Å². The molecule has 7 heteroatoms. The van der Waals surface area contributed by atoms with E-state index >= 15 is 0 Å². The van der Waals surface area contributed by atoms with Crippen LogP contribution in [0.15, 0.2) is 12.1 Å². The molecular formula is C19H22ClF3O3. The first kappa shape index (κ1) is 19.3. The van der Waals surface area contributed by atoms with Crippen LogP contribution < -0.4 is 4.74 Å². The van der Waals surface area contributed by atoms with Crippen LogP contribution in [0.25, 0.3) is 0 Å². The molecule has 2 unspecified atom stereocenters. The molecule has 1 aromatic rings. The van der Waals surface area contributed by atoms with E-state index in [0.29, 0.717) is 12.8 Å². The smallest absolute Gasteiger partial charge is 0.341 e. The van der Waals surface area contributed by atoms with E-state index in [2.05, 4.69) is 0 Å². The molecule has 0 radical (unpaired) electrons. The van der Waals surface area contributed by atoms with Crippen LogP contribution in [0.3, 0.4) is 0 Å². The second-order valence-corrected chi connectivity index (χ2v) is 8.54. The average molecular weight is 391 g/mol. The Morgan fingerprint density at radius 3 is 2.62 bits per heavy atom. The van der Waals surface area contributed by atoms with Crippen molar-refractivity contribution in [3.05, 3.63) is 28.5 Å². The van der Waals surface area contributed by atoms with E-state index in [1.807, 2.05) is 0 Å². The van der Waals surface area contributed by atoms with E-state index in [4.69, 9.17) is 21.1 Å². The van der Waals surface area contributed by atoms with Gasteiger partial charge in [0.25, 0.3) is 5.92 Å². The molecule has 0 saturated heterocycles. The Bertz CT molecular complexity index is 729. The van der Waals surface area contributed by atoms with Gasteiger partial charge in [-0.1, -0.05) is 24.4 Å². The Balaban J connectivity index is 1.74. The standard InChI is InChI=1S/C19H22ClF3O3/c1-17(2,3)26-16(24)11-8-12(20)14(9-13(11)21)25-10-18-7-5-4-6-15(18)19(18,22)23/h8-9,15H,4-7,10H2,1-3H3. The number of halogens is 4. The highest BCUT2D eigenvalue weighted by atomic mass is 35.5. The van der Waals surface area contributed by atoms with Gasteiger partial charge in [-0.3, -0.25) is 0 Å². The number of benzene rings is 1. The molecule has 26 heavy (non-hydrogen) atoms. The number of fused-ring (bicyclic) bond motifs is 1. The van der Waals surface area contributed by atoms with Crippen molar-refractivity contribution in [1.82, 2.24) is 0 Å². The molecule has 2 aliphatic carbocycles. The zero-order valence-electron chi connectivity index (χ0n) is 15.0. The summed E-state index contributed by atoms with van der Waals surface area (Å²) in [5.41, 5.74) is -2.27. The minimum atomic E-state index is -2.75. The Hall–Kier alpha value is -1.43. The summed E-state index contributed by atoms with van der Waals surface area (Å²) >= 11 is 6.08. The van der Waals surface area contributed by atoms with Crippen molar-refractivity contribution in [3.63, 3.8) is 0 Å². The number of rotatable bonds is 4. The van der Waals surface area contributed by atoms with E-state index in [1.54, 1.807) is 20.8 Å². The monoisotopic (exact) mass is 390 g/mol. The quantitative estimate of drug-likeness (QED) is 0.624. The summed E-state index contributed by atoms with van der Waals surface area (Å²) in [6, 6.07) is 2.07. The first-order valence-corrected chi connectivity index (χ1v) is 9.09. The molecule has 0 heterocycles. The van der Waals surface area contributed by atoms with Gasteiger partial charge in [0.15, 0.2) is 0 Å². The molecular weight excluding hydrogens is 369 g/mol. The Morgan fingerprint density at radius 2 is 2.00 bits per heavy atom. The maximum Gasteiger partial charge on any atom is 0.341 e. The highest BCUT2D eigenvalue weighted by Crippen LogP contribution is 2.72. The Morgan fingerprint density at radius 1 is 1.31 bits per heavy atom. The fraction of sp³-hybridized carbons (Fsp3) is 0.632. The number of alkyl halides is 2. The van der Waals surface area contributed by atoms with Crippen LogP contribution in [0.4, 0.5) is 13.2 Å². The molecule has 144 valence electrons. The highest BCUT2D eigenvalue weighted by molar-refractivity contribution is 6.32. The van der Waals surface area contributed by atoms with Gasteiger partial charge in [0.1, 0.15) is 23.8 Å². The van der Waals surface area contributed by atoms with Crippen LogP contribution in [-0.4, -0.2) is 24.1 Å². The zero-order chi connectivity index (χ0) is 19.3. The van der Waals surface area contributed by atoms with Gasteiger partial charge >= 0.3 is 5.97 Å². The third kappa shape index (κ3) is 3.28. The SMILES string of the molecule is CC(C)(C)OC(=O)c1cc(Cl)c(OCC23CCCCC2C3(F)F)cc1F. The molecule has 3 rings (SSSR count). The van der Waals surface area contributed by atoms with Gasteiger partial charge in [0.05, 0.1) is 16.0 Å². The summed E-state index contributed by atoms with van der Waals surface area (Å²) in [4.78, 5) is 12.0. The Kier molecular flexibility index (Phi) is 4.70. The number of carbonyl (C=O) groups excluding carboxylic acids is 1. The number of hydrogen-bond donors (Lipinski definition) is 0. The summed E-state index contributed by atoms with van der Waals surface area (Å²) in [7, 11) is 0. The predicted octanol–water partition coefficient (Wildman–Crippen LogP) is 5.64. The largest absolute Gasteiger partial charge is 0.491 e. The first-order valence-electron chi connectivity index (χ1n) is 8.71. The van der Waals surface area contributed by atoms with Gasteiger partial charge in [-0.25, -0.2) is 18.0 Å². The molecule has 3 nitrogen and oxygen atoms in total. The highest BCUT2D eigenvalue weighted by Gasteiger charge is 2.80. The summed E-state index contributed by atoms with van der Waals surface area (Å²) in [6.07, 6.45) is 2.40. The number of hydrogen-bond acceptors (Lipinski definition) is 3. The summed E-state index contributed by atoms with van der Waals surface area (Å²) < 4.78 is 53.1. The van der Waals surface area contributed by atoms with Gasteiger partial charge in [-0.15, -0.1) is 0 Å². The molecule has 1 aromatic carbocycles. The van der Waals surface area contributed by atoms with Crippen molar-refractivity contribution < 1.29 is 27.4 Å². The van der Waals surface area contributed by atoms with Crippen LogP contribution in [0, 0.1) is 17.2 Å². The molecule has 0 N–H and O–H groups in total. The summed E-state index contributed by atoms with van der Waals surface area (Å²) in [5, 5.41) is -0.0139. The van der Waals surface area contributed by atoms with E-state index in [1.165, 1.54) is 0 Å². The lowest BCUT2D eigenvalue weighted by atomic mass is 9.89. The lowest BCUT2D eigenvalue weighted by Crippen LogP contribution is -2.24.